The van der Waals surface area contributed by atoms with Gasteiger partial charge >= 0.3 is 11.9 Å². The summed E-state index contributed by atoms with van der Waals surface area (Å²) < 4.78 is 45.7. The number of anilines is 2. The number of β-lactam (4-membered cyclic amide) rings is 2. The first-order valence-corrected chi connectivity index (χ1v) is 25.6. The van der Waals surface area contributed by atoms with E-state index in [-0.39, 0.29) is 57.9 Å². The number of nitrogens with zero attached hydrogens (tertiary/aromatic N) is 10. The molecule has 0 spiro atoms. The predicted octanol–water partition coefficient (Wildman–Crippen LogP) is -1.83. The monoisotopic (exact) mass is 1100 g/mol. The van der Waals surface area contributed by atoms with E-state index >= 15 is 0 Å². The van der Waals surface area contributed by atoms with E-state index in [9.17, 15) is 39.0 Å². The highest BCUT2D eigenvalue weighted by atomic mass is 32.3. The molecule has 2 unspecified atom stereocenters. The third-order valence-corrected chi connectivity index (χ3v) is 13.6. The van der Waals surface area contributed by atoms with Crippen molar-refractivity contribution in [1.29, 1.82) is 0 Å². The summed E-state index contributed by atoms with van der Waals surface area (Å²) in [6.07, 6.45) is 10.2. The van der Waals surface area contributed by atoms with Gasteiger partial charge in [-0.25, -0.2) is 18.7 Å². The largest absolute Gasteiger partial charge is 0.759 e. The second-order valence-electron chi connectivity index (χ2n) is 14.7. The van der Waals surface area contributed by atoms with E-state index in [1.165, 1.54) is 45.5 Å². The molecule has 28 nitrogen and oxygen atoms in total. The Morgan fingerprint density at radius 2 is 1.08 bits per heavy atom. The minimum atomic E-state index is -5.17. The van der Waals surface area contributed by atoms with E-state index in [2.05, 4.69) is 52.8 Å². The van der Waals surface area contributed by atoms with Crippen LogP contribution in [0.5, 0.6) is 0 Å². The van der Waals surface area contributed by atoms with Crippen molar-refractivity contribution in [2.45, 2.75) is 35.9 Å². The Labute approximate surface area is 429 Å². The van der Waals surface area contributed by atoms with E-state index in [0.29, 0.717) is 35.7 Å². The van der Waals surface area contributed by atoms with E-state index in [4.69, 9.17) is 38.7 Å². The molecule has 33 heteroatoms. The minimum absolute atomic E-state index is 0.0416. The van der Waals surface area contributed by atoms with Crippen LogP contribution in [0.3, 0.4) is 0 Å². The normalized spacial score (nSPS) is 19.3. The van der Waals surface area contributed by atoms with Gasteiger partial charge in [-0.3, -0.25) is 37.4 Å². The van der Waals surface area contributed by atoms with Gasteiger partial charge in [-0.1, -0.05) is 47.8 Å². The van der Waals surface area contributed by atoms with Crippen molar-refractivity contribution in [3.63, 3.8) is 0 Å². The molecule has 4 aliphatic heterocycles. The standard InChI is InChI=1S/2C20H19N7O5S2.H2O4S/c2*1-2-8-32-24-12(15-23-20(21)34-25-15)16(28)22-13-17(29)27-14(19(30)31)11(10-33-18(13)27)9-26-6-4-3-5-7-26;1-5(2,3)4/h2*2-7,13,18H,1,8-10H2,(H3-,21,22,23,25,28,30,31);(H2,1,2,3,4)/t2*13?,18-;/m00./s1. The van der Waals surface area contributed by atoms with Gasteiger partial charge < -0.3 is 51.1 Å². The smallest absolute Gasteiger partial charge is 0.352 e. The highest BCUT2D eigenvalue weighted by Gasteiger charge is 2.56. The fraction of sp³-hybridized carbons (Fsp3) is 0.250. The van der Waals surface area contributed by atoms with Gasteiger partial charge in [0.1, 0.15) is 47.4 Å². The molecule has 4 atom stereocenters. The number of carboxylic acid groups (broad SMARTS) is 2. The number of carboxylic acids is 2. The van der Waals surface area contributed by atoms with E-state index in [1.807, 2.05) is 70.3 Å². The number of hydrogen-bond acceptors (Lipinski definition) is 24. The number of aliphatic carboxylic acids is 2. The van der Waals surface area contributed by atoms with Gasteiger partial charge in [-0.05, 0) is 0 Å². The lowest BCUT2D eigenvalue weighted by Gasteiger charge is -2.49. The number of pyridine rings is 2. The van der Waals surface area contributed by atoms with Gasteiger partial charge in [-0.15, -0.1) is 23.5 Å². The van der Waals surface area contributed by atoms with Crippen LogP contribution in [0.2, 0.25) is 0 Å². The van der Waals surface area contributed by atoms with Gasteiger partial charge in [0.25, 0.3) is 23.6 Å². The first-order chi connectivity index (χ1) is 34.8. The molecule has 8 heterocycles. The number of rotatable bonds is 18. The number of aromatic nitrogens is 6. The second kappa shape index (κ2) is 24.6. The Morgan fingerprint density at radius 1 is 0.726 bits per heavy atom. The lowest BCUT2D eigenvalue weighted by Crippen LogP contribution is -2.71. The lowest BCUT2D eigenvalue weighted by atomic mass is 10.0. The Balaban J connectivity index is 0.000000218. The molecule has 0 aliphatic carbocycles. The van der Waals surface area contributed by atoms with Crippen LogP contribution < -0.4 is 31.2 Å². The number of thioether (sulfide) groups is 2. The molecule has 384 valence electrons. The molecule has 4 aliphatic rings. The third-order valence-electron chi connectivity index (χ3n) is 9.81. The fourth-order valence-electron chi connectivity index (χ4n) is 6.89. The summed E-state index contributed by atoms with van der Waals surface area (Å²) in [6.45, 7) is 7.76. The summed E-state index contributed by atoms with van der Waals surface area (Å²) in [5.74, 6) is -4.26. The Kier molecular flexibility index (Phi) is 18.4. The van der Waals surface area contributed by atoms with Crippen molar-refractivity contribution < 1.29 is 75.3 Å². The molecule has 8 rings (SSSR count). The van der Waals surface area contributed by atoms with Crippen molar-refractivity contribution in [2.24, 2.45) is 10.3 Å². The first-order valence-electron chi connectivity index (χ1n) is 20.6. The Morgan fingerprint density at radius 3 is 1.38 bits per heavy atom. The van der Waals surface area contributed by atoms with E-state index in [0.717, 1.165) is 23.1 Å². The van der Waals surface area contributed by atoms with E-state index in [1.54, 1.807) is 0 Å². The average Bonchev–Trinajstić information content (AvgIpc) is 3.99. The molecule has 4 aromatic heterocycles. The first kappa shape index (κ1) is 54.6. The van der Waals surface area contributed by atoms with Crippen LogP contribution in [0.15, 0.2) is 119 Å². The maximum Gasteiger partial charge on any atom is 0.352 e. The average molecular weight is 1100 g/mol. The van der Waals surface area contributed by atoms with Crippen molar-refractivity contribution >= 4 is 114 Å². The molecule has 0 aromatic carbocycles. The molecule has 0 radical (unpaired) electrons. The summed E-state index contributed by atoms with van der Waals surface area (Å²) in [4.78, 5) is 96.1. The van der Waals surface area contributed by atoms with Gasteiger partial charge in [0, 0.05) is 80.4 Å². The number of hydrogen-bond donors (Lipinski definition) is 6. The molecule has 4 aromatic rings. The van der Waals surface area contributed by atoms with Crippen LogP contribution in [0.25, 0.3) is 0 Å². The third kappa shape index (κ3) is 13.8. The molecule has 4 amide bonds. The van der Waals surface area contributed by atoms with Gasteiger partial charge in [-0.2, -0.15) is 18.7 Å². The van der Waals surface area contributed by atoms with Crippen LogP contribution in [-0.2, 0) is 61.9 Å². The number of amides is 4. The highest BCUT2D eigenvalue weighted by molar-refractivity contribution is 8.00. The molecule has 73 heavy (non-hydrogen) atoms. The lowest BCUT2D eigenvalue weighted by molar-refractivity contribution is -0.689. The highest BCUT2D eigenvalue weighted by Crippen LogP contribution is 2.41. The van der Waals surface area contributed by atoms with Crippen LogP contribution >= 0.6 is 46.6 Å². The van der Waals surface area contributed by atoms with Crippen molar-refractivity contribution in [3.8, 4) is 0 Å². The van der Waals surface area contributed by atoms with Crippen LogP contribution in [0.1, 0.15) is 11.6 Å². The molecule has 2 saturated heterocycles. The SMILES string of the molecule is C=CCON=C(C(=O)NC1C(=O)N2C(C(=O)O)=C(C[n+]3ccccc3)CS[C@@H]12)c1nsc(N)n1.C=CCON=C(C(=O)NC1C(=O)N2C(C(=O)O)=C(C[n+]3ccccc3)CS[C@@H]12)c1nsc(N)n1.O=S(=O)([O-])[O-]. The quantitative estimate of drug-likeness (QED) is 0.00932. The molecule has 0 saturated carbocycles. The maximum atomic E-state index is 12.9. The van der Waals surface area contributed by atoms with Crippen LogP contribution in [0, 0.1) is 0 Å². The summed E-state index contributed by atoms with van der Waals surface area (Å²) in [6, 6.07) is 9.17. The zero-order valence-electron chi connectivity index (χ0n) is 37.4. The molecule has 8 N–H and O–H groups in total. The second-order valence-corrected chi connectivity index (χ2v) is 19.3. The van der Waals surface area contributed by atoms with Crippen molar-refractivity contribution in [1.82, 2.24) is 39.1 Å². The number of nitrogens with two attached hydrogens (primary N) is 2. The van der Waals surface area contributed by atoms with Gasteiger partial charge in [0.2, 0.25) is 23.1 Å². The number of nitrogens with one attached hydrogen (secondary N) is 2. The summed E-state index contributed by atoms with van der Waals surface area (Å²) in [5, 5.41) is 31.5. The minimum Gasteiger partial charge on any atom is -0.759 e. The molecular weight excluding hydrogens is 1060 g/mol. The summed E-state index contributed by atoms with van der Waals surface area (Å²) in [7, 11) is -5.17. The maximum absolute atomic E-state index is 12.9. The predicted molar refractivity (Wildman–Crippen MR) is 257 cm³/mol. The van der Waals surface area contributed by atoms with Gasteiger partial charge in [0.15, 0.2) is 48.1 Å². The number of carbonyl (C=O) groups is 6. The van der Waals surface area contributed by atoms with Crippen LogP contribution in [0.4, 0.5) is 10.3 Å². The molecular formula is C40H40N14O14S5. The van der Waals surface area contributed by atoms with Crippen molar-refractivity contribution in [3.05, 3.63) is 121 Å². The van der Waals surface area contributed by atoms with Crippen LogP contribution in [-0.4, -0.2) is 151 Å². The molecule has 2 fully saturated rings. The zero-order chi connectivity index (χ0) is 53.0. The van der Waals surface area contributed by atoms with E-state index < -0.39 is 68.8 Å². The summed E-state index contributed by atoms with van der Waals surface area (Å²) in [5.41, 5.74) is 11.8. The Hall–Kier alpha value is -7.69. The van der Waals surface area contributed by atoms with Crippen molar-refractivity contribution in [2.75, 3.05) is 36.2 Å². The fourth-order valence-corrected chi connectivity index (χ4v) is 10.4. The van der Waals surface area contributed by atoms with Gasteiger partial charge in [0.05, 0.1) is 0 Å². The zero-order valence-corrected chi connectivity index (χ0v) is 41.4. The number of nitrogen functional groups attached to an aromatic ring is 2. The topological polar surface area (TPSA) is 408 Å². The number of carbonyl (C=O) groups excluding carboxylic acids is 4. The Bertz CT molecular complexity index is 2830. The number of fused-ring (bicyclic) bond motifs is 2. The molecule has 0 bridgehead atoms. The summed E-state index contributed by atoms with van der Waals surface area (Å²) >= 11 is 4.50. The number of oxime groups is 2.